The Bertz CT molecular complexity index is 465. The zero-order valence-corrected chi connectivity index (χ0v) is 11.2. The van der Waals surface area contributed by atoms with Crippen LogP contribution in [0.15, 0.2) is 12.3 Å². The molecule has 2 heterocycles. The number of aliphatic hydroxyl groups excluding tert-OH is 1. The van der Waals surface area contributed by atoms with Gasteiger partial charge >= 0.3 is 0 Å². The minimum absolute atomic E-state index is 0.0548. The van der Waals surface area contributed by atoms with Crippen molar-refractivity contribution in [2.24, 2.45) is 0 Å². The van der Waals surface area contributed by atoms with Crippen LogP contribution in [0, 0.1) is 0 Å². The predicted molar refractivity (Wildman–Crippen MR) is 71.2 cm³/mol. The molecule has 0 aromatic carbocycles. The van der Waals surface area contributed by atoms with Crippen LogP contribution in [0.4, 0.5) is 0 Å². The minimum atomic E-state index is -0.0781. The van der Waals surface area contributed by atoms with E-state index in [9.17, 15) is 9.59 Å². The fourth-order valence-electron chi connectivity index (χ4n) is 2.59. The van der Waals surface area contributed by atoms with Gasteiger partial charge in [0.2, 0.25) is 0 Å². The number of amides is 1. The van der Waals surface area contributed by atoms with Crippen molar-refractivity contribution in [3.63, 3.8) is 0 Å². The summed E-state index contributed by atoms with van der Waals surface area (Å²) in [6.45, 7) is 2.29. The van der Waals surface area contributed by atoms with Gasteiger partial charge < -0.3 is 15.0 Å². The number of H-pyrrole nitrogens is 1. The molecular weight excluding hydrogens is 244 g/mol. The lowest BCUT2D eigenvalue weighted by molar-refractivity contribution is 0.0569. The van der Waals surface area contributed by atoms with E-state index in [1.807, 2.05) is 4.90 Å². The number of hydrogen-bond donors (Lipinski definition) is 2. The fraction of sp³-hybridized carbons (Fsp3) is 0.571. The molecule has 19 heavy (non-hydrogen) atoms. The molecule has 1 amide bonds. The fourth-order valence-corrected chi connectivity index (χ4v) is 2.59. The molecule has 0 aliphatic carbocycles. The molecule has 1 saturated heterocycles. The van der Waals surface area contributed by atoms with Crippen LogP contribution in [-0.2, 0) is 0 Å². The number of rotatable bonds is 4. The number of nitrogens with zero attached hydrogens (tertiary/aromatic N) is 1. The van der Waals surface area contributed by atoms with Gasteiger partial charge in [-0.3, -0.25) is 9.59 Å². The van der Waals surface area contributed by atoms with Crippen LogP contribution < -0.4 is 0 Å². The molecule has 1 aliphatic heterocycles. The molecule has 0 spiro atoms. The average Bonchev–Trinajstić information content (AvgIpc) is 2.89. The number of carbonyl (C=O) groups excluding carboxylic acids is 2. The number of aromatic nitrogens is 1. The highest BCUT2D eigenvalue weighted by Crippen LogP contribution is 2.21. The summed E-state index contributed by atoms with van der Waals surface area (Å²) in [5.74, 6) is -0.133. The van der Waals surface area contributed by atoms with Gasteiger partial charge in [0.25, 0.3) is 5.91 Å². The number of carbonyl (C=O) groups is 2. The molecule has 0 saturated carbocycles. The second-order valence-electron chi connectivity index (χ2n) is 5.02. The van der Waals surface area contributed by atoms with Crippen LogP contribution in [0.1, 0.15) is 53.5 Å². The lowest BCUT2D eigenvalue weighted by Crippen LogP contribution is -2.44. The van der Waals surface area contributed by atoms with E-state index < -0.39 is 0 Å². The SMILES string of the molecule is CC(=O)c1c[nH]c(C(=O)N2CCCCC2CCO)c1. The Kier molecular flexibility index (Phi) is 4.37. The Labute approximate surface area is 112 Å². The van der Waals surface area contributed by atoms with E-state index in [0.717, 1.165) is 25.8 Å². The molecule has 2 N–H and O–H groups in total. The van der Waals surface area contributed by atoms with Crippen LogP contribution >= 0.6 is 0 Å². The molecule has 1 unspecified atom stereocenters. The Hall–Kier alpha value is -1.62. The highest BCUT2D eigenvalue weighted by Gasteiger charge is 2.27. The molecule has 2 rings (SSSR count). The molecular formula is C14H20N2O3. The van der Waals surface area contributed by atoms with Crippen LogP contribution in [-0.4, -0.2) is 45.9 Å². The van der Waals surface area contributed by atoms with Gasteiger partial charge in [0, 0.05) is 31.0 Å². The van der Waals surface area contributed by atoms with Gasteiger partial charge in [0.05, 0.1) is 0 Å². The number of piperidine rings is 1. The van der Waals surface area contributed by atoms with Crippen molar-refractivity contribution in [3.05, 3.63) is 23.5 Å². The van der Waals surface area contributed by atoms with E-state index in [2.05, 4.69) is 4.98 Å². The molecule has 1 aliphatic rings. The summed E-state index contributed by atoms with van der Waals surface area (Å²) in [6, 6.07) is 1.71. The molecule has 0 radical (unpaired) electrons. The lowest BCUT2D eigenvalue weighted by atomic mass is 9.99. The van der Waals surface area contributed by atoms with Crippen molar-refractivity contribution >= 4 is 11.7 Å². The second kappa shape index (κ2) is 6.02. The van der Waals surface area contributed by atoms with Gasteiger partial charge in [-0.05, 0) is 38.7 Å². The Morgan fingerprint density at radius 3 is 2.89 bits per heavy atom. The van der Waals surface area contributed by atoms with Crippen molar-refractivity contribution in [3.8, 4) is 0 Å². The number of aliphatic hydroxyl groups is 1. The quantitative estimate of drug-likeness (QED) is 0.811. The number of likely N-dealkylation sites (tertiary alicyclic amines) is 1. The number of nitrogens with one attached hydrogen (secondary N) is 1. The summed E-state index contributed by atoms with van der Waals surface area (Å²) in [7, 11) is 0. The third kappa shape index (κ3) is 3.04. The first-order valence-electron chi connectivity index (χ1n) is 6.74. The molecule has 5 nitrogen and oxygen atoms in total. The standard InChI is InChI=1S/C14H20N2O3/c1-10(18)11-8-13(15-9-11)14(19)16-6-3-2-4-12(16)5-7-17/h8-9,12,15,17H,2-7H2,1H3. The van der Waals surface area contributed by atoms with Gasteiger partial charge in [0.15, 0.2) is 5.78 Å². The van der Waals surface area contributed by atoms with E-state index in [1.165, 1.54) is 6.92 Å². The van der Waals surface area contributed by atoms with Crippen molar-refractivity contribution in [1.29, 1.82) is 0 Å². The zero-order chi connectivity index (χ0) is 13.8. The predicted octanol–water partition coefficient (Wildman–Crippen LogP) is 1.59. The molecule has 0 bridgehead atoms. The topological polar surface area (TPSA) is 73.4 Å². The van der Waals surface area contributed by atoms with Crippen molar-refractivity contribution in [2.45, 2.75) is 38.6 Å². The number of aromatic amines is 1. The van der Waals surface area contributed by atoms with Crippen molar-refractivity contribution in [2.75, 3.05) is 13.2 Å². The largest absolute Gasteiger partial charge is 0.396 e. The summed E-state index contributed by atoms with van der Waals surface area (Å²) in [5.41, 5.74) is 0.981. The maximum Gasteiger partial charge on any atom is 0.270 e. The third-order valence-corrected chi connectivity index (χ3v) is 3.67. The first-order chi connectivity index (χ1) is 9.13. The summed E-state index contributed by atoms with van der Waals surface area (Å²) in [6.07, 6.45) is 5.21. The van der Waals surface area contributed by atoms with Crippen molar-refractivity contribution in [1.82, 2.24) is 9.88 Å². The summed E-state index contributed by atoms with van der Waals surface area (Å²) in [4.78, 5) is 28.4. The third-order valence-electron chi connectivity index (χ3n) is 3.67. The first kappa shape index (κ1) is 13.8. The number of hydrogen-bond acceptors (Lipinski definition) is 3. The van der Waals surface area contributed by atoms with Crippen LogP contribution in [0.25, 0.3) is 0 Å². The molecule has 1 aromatic rings. The molecule has 5 heteroatoms. The van der Waals surface area contributed by atoms with Crippen LogP contribution in [0.2, 0.25) is 0 Å². The van der Waals surface area contributed by atoms with Gasteiger partial charge in [-0.25, -0.2) is 0 Å². The Morgan fingerprint density at radius 1 is 1.47 bits per heavy atom. The summed E-state index contributed by atoms with van der Waals surface area (Å²) < 4.78 is 0. The van der Waals surface area contributed by atoms with Gasteiger partial charge in [-0.2, -0.15) is 0 Å². The second-order valence-corrected chi connectivity index (χ2v) is 5.02. The van der Waals surface area contributed by atoms with E-state index in [4.69, 9.17) is 5.11 Å². The maximum absolute atomic E-state index is 12.4. The Morgan fingerprint density at radius 2 is 2.26 bits per heavy atom. The van der Waals surface area contributed by atoms with Gasteiger partial charge in [-0.15, -0.1) is 0 Å². The maximum atomic E-state index is 12.4. The van der Waals surface area contributed by atoms with Gasteiger partial charge in [0.1, 0.15) is 5.69 Å². The summed E-state index contributed by atoms with van der Waals surface area (Å²) >= 11 is 0. The van der Waals surface area contributed by atoms with Crippen LogP contribution in [0.3, 0.4) is 0 Å². The summed E-state index contributed by atoms with van der Waals surface area (Å²) in [5, 5.41) is 9.08. The van der Waals surface area contributed by atoms with Crippen molar-refractivity contribution < 1.29 is 14.7 Å². The van der Waals surface area contributed by atoms with E-state index in [-0.39, 0.29) is 24.3 Å². The van der Waals surface area contributed by atoms with Gasteiger partial charge in [-0.1, -0.05) is 0 Å². The average molecular weight is 264 g/mol. The van der Waals surface area contributed by atoms with E-state index in [1.54, 1.807) is 12.3 Å². The number of Topliss-reactive ketones (excluding diaryl/α,β-unsaturated/α-hetero) is 1. The monoisotopic (exact) mass is 264 g/mol. The van der Waals surface area contributed by atoms with E-state index >= 15 is 0 Å². The Balaban J connectivity index is 2.13. The lowest BCUT2D eigenvalue weighted by Gasteiger charge is -2.35. The molecule has 1 atom stereocenters. The number of ketones is 1. The molecule has 1 fully saturated rings. The smallest absolute Gasteiger partial charge is 0.270 e. The zero-order valence-electron chi connectivity index (χ0n) is 11.2. The van der Waals surface area contributed by atoms with Crippen LogP contribution in [0.5, 0.6) is 0 Å². The highest BCUT2D eigenvalue weighted by atomic mass is 16.3. The normalized spacial score (nSPS) is 19.5. The molecule has 104 valence electrons. The van der Waals surface area contributed by atoms with E-state index in [0.29, 0.717) is 17.7 Å². The molecule has 1 aromatic heterocycles. The highest BCUT2D eigenvalue weighted by molar-refractivity contribution is 5.99. The minimum Gasteiger partial charge on any atom is -0.396 e. The first-order valence-corrected chi connectivity index (χ1v) is 6.74.